The predicted molar refractivity (Wildman–Crippen MR) is 73.5 cm³/mol. The van der Waals surface area contributed by atoms with Gasteiger partial charge >= 0.3 is 0 Å². The third-order valence-electron chi connectivity index (χ3n) is 2.73. The highest BCUT2D eigenvalue weighted by atomic mass is 16.4. The van der Waals surface area contributed by atoms with E-state index in [2.05, 4.69) is 30.7 Å². The van der Waals surface area contributed by atoms with Gasteiger partial charge in [-0.25, -0.2) is 4.98 Å². The van der Waals surface area contributed by atoms with Crippen LogP contribution in [0, 0.1) is 13.8 Å². The molecule has 1 aromatic carbocycles. The number of nitrogens with one attached hydrogen (secondary N) is 2. The molecule has 21 heavy (non-hydrogen) atoms. The number of aromatic nitrogens is 5. The maximum Gasteiger partial charge on any atom is 0.295 e. The Kier molecular flexibility index (Phi) is 3.19. The average molecular weight is 284 g/mol. The van der Waals surface area contributed by atoms with Crippen molar-refractivity contribution in [2.45, 2.75) is 13.8 Å². The third-order valence-corrected chi connectivity index (χ3v) is 2.73. The second-order valence-corrected chi connectivity index (χ2v) is 4.37. The molecule has 2 aromatic heterocycles. The van der Waals surface area contributed by atoms with Crippen molar-refractivity contribution in [2.75, 3.05) is 5.32 Å². The molecular formula is C13H12N6O2. The van der Waals surface area contributed by atoms with Crippen molar-refractivity contribution in [3.63, 3.8) is 0 Å². The van der Waals surface area contributed by atoms with Gasteiger partial charge in [0.1, 0.15) is 5.82 Å². The summed E-state index contributed by atoms with van der Waals surface area (Å²) in [7, 11) is 0. The van der Waals surface area contributed by atoms with E-state index in [1.54, 1.807) is 32.0 Å². The smallest absolute Gasteiger partial charge is 0.295 e. The molecule has 0 radical (unpaired) electrons. The minimum Gasteiger partial charge on any atom is -0.421 e. The fourth-order valence-electron chi connectivity index (χ4n) is 1.81. The van der Waals surface area contributed by atoms with Gasteiger partial charge in [0.2, 0.25) is 17.6 Å². The van der Waals surface area contributed by atoms with Crippen LogP contribution in [0.4, 0.5) is 5.69 Å². The molecule has 0 aliphatic carbocycles. The van der Waals surface area contributed by atoms with Crippen molar-refractivity contribution in [3.05, 3.63) is 41.8 Å². The van der Waals surface area contributed by atoms with Gasteiger partial charge in [0.15, 0.2) is 0 Å². The Balaban J connectivity index is 1.91. The Bertz CT molecular complexity index is 791. The molecule has 0 bridgehead atoms. The van der Waals surface area contributed by atoms with Gasteiger partial charge in [-0.2, -0.15) is 0 Å². The number of H-pyrrole nitrogens is 1. The van der Waals surface area contributed by atoms with Crippen molar-refractivity contribution < 1.29 is 9.21 Å². The predicted octanol–water partition coefficient (Wildman–Crippen LogP) is 1.72. The van der Waals surface area contributed by atoms with Gasteiger partial charge in [0, 0.05) is 6.92 Å². The molecule has 106 valence electrons. The number of aromatic amines is 1. The summed E-state index contributed by atoms with van der Waals surface area (Å²) in [4.78, 5) is 16.1. The normalized spacial score (nSPS) is 10.6. The van der Waals surface area contributed by atoms with E-state index in [1.165, 1.54) is 0 Å². The summed E-state index contributed by atoms with van der Waals surface area (Å²) in [5.41, 5.74) is 1.19. The zero-order valence-electron chi connectivity index (χ0n) is 11.4. The number of hydrogen-bond acceptors (Lipinski definition) is 6. The van der Waals surface area contributed by atoms with Gasteiger partial charge in [0.25, 0.3) is 5.91 Å². The summed E-state index contributed by atoms with van der Waals surface area (Å²) >= 11 is 0. The molecule has 1 amide bonds. The fraction of sp³-hybridized carbons (Fsp3) is 0.154. The second kappa shape index (κ2) is 5.16. The van der Waals surface area contributed by atoms with E-state index in [4.69, 9.17) is 4.42 Å². The lowest BCUT2D eigenvalue weighted by Crippen LogP contribution is -2.14. The minimum atomic E-state index is -0.414. The highest BCUT2D eigenvalue weighted by Gasteiger charge is 2.16. The second-order valence-electron chi connectivity index (χ2n) is 4.37. The highest BCUT2D eigenvalue weighted by molar-refractivity contribution is 6.03. The minimum absolute atomic E-state index is 0.0732. The van der Waals surface area contributed by atoms with Gasteiger partial charge in [-0.15, -0.1) is 15.3 Å². The lowest BCUT2D eigenvalue weighted by atomic mass is 10.1. The molecule has 0 atom stereocenters. The van der Waals surface area contributed by atoms with Gasteiger partial charge in [0.05, 0.1) is 11.3 Å². The number of hydrogen-bond donors (Lipinski definition) is 2. The molecule has 0 fully saturated rings. The zero-order valence-corrected chi connectivity index (χ0v) is 11.4. The van der Waals surface area contributed by atoms with Crippen LogP contribution < -0.4 is 5.32 Å². The molecule has 0 saturated carbocycles. The number of benzene rings is 1. The van der Waals surface area contributed by atoms with Crippen molar-refractivity contribution in [1.29, 1.82) is 0 Å². The first-order valence-corrected chi connectivity index (χ1v) is 6.23. The van der Waals surface area contributed by atoms with Crippen LogP contribution in [0.5, 0.6) is 0 Å². The number of rotatable bonds is 3. The van der Waals surface area contributed by atoms with Crippen LogP contribution in [0.1, 0.15) is 22.3 Å². The van der Waals surface area contributed by atoms with E-state index in [9.17, 15) is 4.79 Å². The van der Waals surface area contributed by atoms with Crippen LogP contribution in [0.3, 0.4) is 0 Å². The molecule has 0 unspecified atom stereocenters. The van der Waals surface area contributed by atoms with E-state index < -0.39 is 5.91 Å². The van der Waals surface area contributed by atoms with Crippen LogP contribution >= 0.6 is 0 Å². The number of carbonyl (C=O) groups is 1. The maximum absolute atomic E-state index is 12.1. The van der Waals surface area contributed by atoms with Crippen molar-refractivity contribution >= 4 is 11.6 Å². The molecule has 0 aliphatic heterocycles. The molecule has 2 heterocycles. The quantitative estimate of drug-likeness (QED) is 0.757. The summed E-state index contributed by atoms with van der Waals surface area (Å²) in [5.74, 6) is 1.03. The van der Waals surface area contributed by atoms with Crippen LogP contribution in [0.15, 0.2) is 28.7 Å². The molecule has 0 spiro atoms. The standard InChI is InChI=1S/C13H12N6O2/c1-7-14-11(18-16-7)12(20)15-10-6-4-3-5-9(10)13-19-17-8(2)21-13/h3-6H,1-2H3,(H,15,20)(H,14,16,18). The topological polar surface area (TPSA) is 110 Å². The van der Waals surface area contributed by atoms with Gasteiger partial charge in [-0.1, -0.05) is 12.1 Å². The van der Waals surface area contributed by atoms with E-state index in [1.807, 2.05) is 6.07 Å². The molecular weight excluding hydrogens is 272 g/mol. The molecule has 8 heteroatoms. The largest absolute Gasteiger partial charge is 0.421 e. The van der Waals surface area contributed by atoms with E-state index in [0.717, 1.165) is 0 Å². The Hall–Kier alpha value is -3.03. The monoisotopic (exact) mass is 284 g/mol. The van der Waals surface area contributed by atoms with Gasteiger partial charge < -0.3 is 9.73 Å². The molecule has 2 N–H and O–H groups in total. The SMILES string of the molecule is Cc1nc(C(=O)Nc2ccccc2-c2nnc(C)o2)n[nH]1. The molecule has 0 aliphatic rings. The van der Waals surface area contributed by atoms with Crippen LogP contribution in [0.2, 0.25) is 0 Å². The average Bonchev–Trinajstić information content (AvgIpc) is 3.08. The van der Waals surface area contributed by atoms with E-state index in [0.29, 0.717) is 28.9 Å². The number of aryl methyl sites for hydroxylation is 2. The first-order chi connectivity index (χ1) is 10.1. The highest BCUT2D eigenvalue weighted by Crippen LogP contribution is 2.26. The van der Waals surface area contributed by atoms with E-state index >= 15 is 0 Å². The first kappa shape index (κ1) is 13.0. The number of amides is 1. The van der Waals surface area contributed by atoms with Crippen molar-refractivity contribution in [2.24, 2.45) is 0 Å². The van der Waals surface area contributed by atoms with Crippen molar-refractivity contribution in [3.8, 4) is 11.5 Å². The Morgan fingerprint density at radius 3 is 2.71 bits per heavy atom. The maximum atomic E-state index is 12.1. The van der Waals surface area contributed by atoms with Crippen LogP contribution in [0.25, 0.3) is 11.5 Å². The number of para-hydroxylation sites is 1. The van der Waals surface area contributed by atoms with Crippen molar-refractivity contribution in [1.82, 2.24) is 25.4 Å². The Morgan fingerprint density at radius 2 is 2.05 bits per heavy atom. The molecule has 3 rings (SSSR count). The Morgan fingerprint density at radius 1 is 1.24 bits per heavy atom. The summed E-state index contributed by atoms with van der Waals surface area (Å²) in [6.45, 7) is 3.42. The molecule has 8 nitrogen and oxygen atoms in total. The van der Waals surface area contributed by atoms with E-state index in [-0.39, 0.29) is 5.82 Å². The lowest BCUT2D eigenvalue weighted by molar-refractivity contribution is 0.101. The summed E-state index contributed by atoms with van der Waals surface area (Å²) < 4.78 is 5.39. The summed E-state index contributed by atoms with van der Waals surface area (Å²) in [6.07, 6.45) is 0. The number of nitrogens with zero attached hydrogens (tertiary/aromatic N) is 4. The third kappa shape index (κ3) is 2.64. The summed E-state index contributed by atoms with van der Waals surface area (Å²) in [5, 5.41) is 16.9. The lowest BCUT2D eigenvalue weighted by Gasteiger charge is -2.06. The fourth-order valence-corrected chi connectivity index (χ4v) is 1.81. The molecule has 0 saturated heterocycles. The number of anilines is 1. The first-order valence-electron chi connectivity index (χ1n) is 6.23. The van der Waals surface area contributed by atoms with Crippen LogP contribution in [-0.4, -0.2) is 31.3 Å². The van der Waals surface area contributed by atoms with Gasteiger partial charge in [-0.05, 0) is 19.1 Å². The zero-order chi connectivity index (χ0) is 14.8. The molecule has 3 aromatic rings. The number of carbonyl (C=O) groups excluding carboxylic acids is 1. The Labute approximate surface area is 119 Å². The van der Waals surface area contributed by atoms with Crippen LogP contribution in [-0.2, 0) is 0 Å². The van der Waals surface area contributed by atoms with Gasteiger partial charge in [-0.3, -0.25) is 9.89 Å². The summed E-state index contributed by atoms with van der Waals surface area (Å²) in [6, 6.07) is 7.14.